The second kappa shape index (κ2) is 7.25. The molecular weight excluding hydrogens is 330 g/mol. The Hall–Kier alpha value is -2.74. The van der Waals surface area contributed by atoms with Gasteiger partial charge in [-0.15, -0.1) is 10.2 Å². The quantitative estimate of drug-likeness (QED) is 0.691. The van der Waals surface area contributed by atoms with Crippen LogP contribution in [0.2, 0.25) is 0 Å². The maximum atomic E-state index is 5.75. The Bertz CT molecular complexity index is 858. The van der Waals surface area contributed by atoms with Crippen molar-refractivity contribution in [2.24, 2.45) is 7.05 Å². The second-order valence-corrected chi connectivity index (χ2v) is 6.69. The Kier molecular flexibility index (Phi) is 4.66. The van der Waals surface area contributed by atoms with Crippen molar-refractivity contribution in [3.05, 3.63) is 54.0 Å². The third kappa shape index (κ3) is 3.60. The molecule has 8 heteroatoms. The number of aryl methyl sites for hydroxylation is 1. The second-order valence-electron chi connectivity index (χ2n) is 6.69. The van der Waals surface area contributed by atoms with E-state index >= 15 is 0 Å². The fraction of sp³-hybridized carbons (Fsp3) is 0.444. The van der Waals surface area contributed by atoms with Gasteiger partial charge < -0.3 is 9.30 Å². The van der Waals surface area contributed by atoms with Gasteiger partial charge in [0.15, 0.2) is 5.82 Å². The van der Waals surface area contributed by atoms with Gasteiger partial charge in [-0.05, 0) is 13.0 Å². The van der Waals surface area contributed by atoms with E-state index in [4.69, 9.17) is 4.74 Å². The summed E-state index contributed by atoms with van der Waals surface area (Å²) in [5, 5.41) is 13.0. The van der Waals surface area contributed by atoms with E-state index in [0.29, 0.717) is 18.5 Å². The van der Waals surface area contributed by atoms with Gasteiger partial charge in [-0.1, -0.05) is 6.07 Å². The summed E-state index contributed by atoms with van der Waals surface area (Å²) in [6.07, 6.45) is 6.60. The van der Waals surface area contributed by atoms with Crippen molar-refractivity contribution in [1.29, 1.82) is 0 Å². The fourth-order valence-electron chi connectivity index (χ4n) is 3.32. The summed E-state index contributed by atoms with van der Waals surface area (Å²) in [5.74, 6) is 2.47. The molecule has 1 aliphatic rings. The number of hydrogen-bond acceptors (Lipinski definition) is 6. The van der Waals surface area contributed by atoms with Gasteiger partial charge in [-0.2, -0.15) is 5.10 Å². The minimum Gasteiger partial charge on any atom is -0.469 e. The van der Waals surface area contributed by atoms with Gasteiger partial charge in [0, 0.05) is 63.2 Å². The average molecular weight is 353 g/mol. The zero-order chi connectivity index (χ0) is 17.9. The van der Waals surface area contributed by atoms with Crippen LogP contribution in [0, 0.1) is 0 Å². The molecule has 1 atom stereocenters. The lowest BCUT2D eigenvalue weighted by atomic mass is 10.2. The van der Waals surface area contributed by atoms with E-state index in [1.807, 2.05) is 36.1 Å². The monoisotopic (exact) mass is 353 g/mol. The van der Waals surface area contributed by atoms with E-state index < -0.39 is 0 Å². The highest BCUT2D eigenvalue weighted by Crippen LogP contribution is 2.18. The molecule has 0 N–H and O–H groups in total. The van der Waals surface area contributed by atoms with E-state index in [-0.39, 0.29) is 0 Å². The van der Waals surface area contributed by atoms with Gasteiger partial charge in [0.25, 0.3) is 0 Å². The molecule has 3 aromatic rings. The lowest BCUT2D eigenvalue weighted by Gasteiger charge is -2.25. The van der Waals surface area contributed by atoms with E-state index in [2.05, 4.69) is 42.9 Å². The van der Waals surface area contributed by atoms with Gasteiger partial charge in [0.05, 0.1) is 6.20 Å². The Labute approximate surface area is 152 Å². The zero-order valence-electron chi connectivity index (χ0n) is 15.1. The van der Waals surface area contributed by atoms with Crippen molar-refractivity contribution >= 4 is 0 Å². The predicted octanol–water partition coefficient (Wildman–Crippen LogP) is 1.43. The highest BCUT2D eigenvalue weighted by atomic mass is 16.5. The zero-order valence-corrected chi connectivity index (χ0v) is 15.1. The highest BCUT2D eigenvalue weighted by Gasteiger charge is 2.24. The first-order chi connectivity index (χ1) is 12.7. The van der Waals surface area contributed by atoms with Crippen LogP contribution in [0.5, 0.6) is 5.88 Å². The molecule has 4 heterocycles. The average Bonchev–Trinajstić information content (AvgIpc) is 3.19. The van der Waals surface area contributed by atoms with E-state index in [9.17, 15) is 0 Å². The van der Waals surface area contributed by atoms with Crippen LogP contribution in [0.1, 0.15) is 24.1 Å². The molecule has 0 aliphatic carbocycles. The van der Waals surface area contributed by atoms with Gasteiger partial charge in [-0.25, -0.2) is 4.98 Å². The topological polar surface area (TPSA) is 73.9 Å². The van der Waals surface area contributed by atoms with Gasteiger partial charge >= 0.3 is 0 Å². The van der Waals surface area contributed by atoms with Crippen LogP contribution >= 0.6 is 0 Å². The number of fused-ring (bicyclic) bond motifs is 1. The third-order valence-corrected chi connectivity index (χ3v) is 4.75. The predicted molar refractivity (Wildman–Crippen MR) is 95.4 cm³/mol. The fourth-order valence-corrected chi connectivity index (χ4v) is 3.32. The summed E-state index contributed by atoms with van der Waals surface area (Å²) in [7, 11) is 1.95. The summed E-state index contributed by atoms with van der Waals surface area (Å²) in [4.78, 5) is 6.65. The molecule has 0 saturated carbocycles. The first-order valence-corrected chi connectivity index (χ1v) is 8.85. The molecule has 0 bridgehead atoms. The van der Waals surface area contributed by atoms with E-state index in [1.54, 1.807) is 6.20 Å². The minimum absolute atomic E-state index is 0.376. The maximum Gasteiger partial charge on any atom is 0.213 e. The van der Waals surface area contributed by atoms with Crippen molar-refractivity contribution in [2.45, 2.75) is 39.1 Å². The molecule has 0 saturated heterocycles. The summed E-state index contributed by atoms with van der Waals surface area (Å²) in [5.41, 5.74) is 1.23. The molecule has 4 rings (SSSR count). The Morgan fingerprint density at radius 2 is 2.15 bits per heavy atom. The number of pyridine rings is 1. The molecule has 8 nitrogen and oxygen atoms in total. The van der Waals surface area contributed by atoms with Crippen molar-refractivity contribution < 1.29 is 4.74 Å². The lowest BCUT2D eigenvalue weighted by molar-refractivity contribution is 0.201. The molecule has 0 aromatic carbocycles. The molecule has 1 aliphatic heterocycles. The highest BCUT2D eigenvalue weighted by molar-refractivity contribution is 5.10. The van der Waals surface area contributed by atoms with Crippen molar-refractivity contribution in [3.8, 4) is 5.88 Å². The number of aromatic nitrogens is 6. The van der Waals surface area contributed by atoms with Crippen molar-refractivity contribution in [2.75, 3.05) is 6.54 Å². The Morgan fingerprint density at radius 1 is 1.23 bits per heavy atom. The largest absolute Gasteiger partial charge is 0.469 e. The molecule has 0 fully saturated rings. The van der Waals surface area contributed by atoms with Gasteiger partial charge in [0.1, 0.15) is 12.4 Å². The number of hydrogen-bond donors (Lipinski definition) is 0. The van der Waals surface area contributed by atoms with Crippen LogP contribution < -0.4 is 4.74 Å². The number of nitrogens with zero attached hydrogens (tertiary/aromatic N) is 7. The van der Waals surface area contributed by atoms with Crippen molar-refractivity contribution in [3.63, 3.8) is 0 Å². The van der Waals surface area contributed by atoms with Crippen LogP contribution in [0.25, 0.3) is 0 Å². The first-order valence-electron chi connectivity index (χ1n) is 8.85. The summed E-state index contributed by atoms with van der Waals surface area (Å²) < 4.78 is 9.78. The molecule has 26 heavy (non-hydrogen) atoms. The normalized spacial score (nSPS) is 17.7. The Balaban J connectivity index is 1.44. The van der Waals surface area contributed by atoms with Crippen LogP contribution in [0.15, 0.2) is 36.8 Å². The van der Waals surface area contributed by atoms with Gasteiger partial charge in [-0.3, -0.25) is 9.58 Å². The molecular formula is C18H23N7O. The molecule has 0 radical (unpaired) electrons. The summed E-state index contributed by atoms with van der Waals surface area (Å²) >= 11 is 0. The van der Waals surface area contributed by atoms with Crippen LogP contribution in [-0.4, -0.2) is 47.0 Å². The molecule has 0 amide bonds. The van der Waals surface area contributed by atoms with Crippen LogP contribution in [-0.2, 0) is 33.2 Å². The van der Waals surface area contributed by atoms with E-state index in [1.165, 1.54) is 5.56 Å². The number of ether oxygens (including phenoxy) is 1. The molecule has 1 unspecified atom stereocenters. The van der Waals surface area contributed by atoms with Crippen LogP contribution in [0.3, 0.4) is 0 Å². The third-order valence-electron chi connectivity index (χ3n) is 4.75. The summed E-state index contributed by atoms with van der Waals surface area (Å²) in [6, 6.07) is 6.02. The summed E-state index contributed by atoms with van der Waals surface area (Å²) in [6.45, 7) is 5.31. The molecule has 0 spiro atoms. The molecule has 136 valence electrons. The van der Waals surface area contributed by atoms with Crippen LogP contribution in [0.4, 0.5) is 0 Å². The SMILES string of the molecule is CC1Cc2nnc(COc3ccccn3)n2CCN1Cc1cnn(C)c1. The Morgan fingerprint density at radius 3 is 2.92 bits per heavy atom. The van der Waals surface area contributed by atoms with Crippen molar-refractivity contribution in [1.82, 2.24) is 34.4 Å². The molecule has 3 aromatic heterocycles. The maximum absolute atomic E-state index is 5.75. The van der Waals surface area contributed by atoms with E-state index in [0.717, 1.165) is 37.7 Å². The lowest BCUT2D eigenvalue weighted by Crippen LogP contribution is -2.34. The number of rotatable bonds is 5. The first kappa shape index (κ1) is 16.7. The van der Waals surface area contributed by atoms with Gasteiger partial charge in [0.2, 0.25) is 5.88 Å². The minimum atomic E-state index is 0.376. The smallest absolute Gasteiger partial charge is 0.213 e. The standard InChI is InChI=1S/C18H23N7O/c1-14-9-16-21-22-17(13-26-18-5-3-4-6-19-18)25(16)8-7-24(14)12-15-10-20-23(2)11-15/h3-6,10-11,14H,7-9,12-13H2,1-2H3.